The summed E-state index contributed by atoms with van der Waals surface area (Å²) < 4.78 is 0. The second kappa shape index (κ2) is 5.13. The molecule has 1 N–H and O–H groups in total. The van der Waals surface area contributed by atoms with Gasteiger partial charge in [-0.05, 0) is 36.2 Å². The molecule has 0 aliphatic carbocycles. The van der Waals surface area contributed by atoms with Crippen LogP contribution in [-0.2, 0) is 6.54 Å². The van der Waals surface area contributed by atoms with Crippen molar-refractivity contribution in [3.63, 3.8) is 0 Å². The van der Waals surface area contributed by atoms with Gasteiger partial charge < -0.3 is 5.32 Å². The molecular weight excluding hydrogens is 210 g/mol. The monoisotopic (exact) mass is 223 g/mol. The van der Waals surface area contributed by atoms with Gasteiger partial charge in [-0.25, -0.2) is 0 Å². The number of aromatic nitrogens is 1. The van der Waals surface area contributed by atoms with Crippen LogP contribution in [0.25, 0.3) is 0 Å². The highest BCUT2D eigenvalue weighted by Crippen LogP contribution is 2.13. The molecule has 1 aromatic heterocycles. The number of nitrogens with one attached hydrogen (secondary N) is 1. The van der Waals surface area contributed by atoms with Crippen molar-refractivity contribution in [2.75, 3.05) is 5.32 Å². The molecule has 84 valence electrons. The van der Waals surface area contributed by atoms with Crippen LogP contribution in [0, 0.1) is 18.3 Å². The fourth-order valence-corrected chi connectivity index (χ4v) is 1.62. The lowest BCUT2D eigenvalue weighted by atomic mass is 10.1. The van der Waals surface area contributed by atoms with Gasteiger partial charge in [-0.2, -0.15) is 5.26 Å². The van der Waals surface area contributed by atoms with Crippen molar-refractivity contribution < 1.29 is 0 Å². The van der Waals surface area contributed by atoms with E-state index >= 15 is 0 Å². The van der Waals surface area contributed by atoms with E-state index in [0.717, 1.165) is 16.8 Å². The van der Waals surface area contributed by atoms with E-state index in [4.69, 9.17) is 5.26 Å². The number of pyridine rings is 1. The Kier molecular flexibility index (Phi) is 3.37. The van der Waals surface area contributed by atoms with E-state index in [9.17, 15) is 0 Å². The van der Waals surface area contributed by atoms with Crippen molar-refractivity contribution >= 4 is 5.69 Å². The summed E-state index contributed by atoms with van der Waals surface area (Å²) in [7, 11) is 0. The van der Waals surface area contributed by atoms with E-state index in [0.29, 0.717) is 12.1 Å². The van der Waals surface area contributed by atoms with E-state index in [2.05, 4.69) is 16.4 Å². The summed E-state index contributed by atoms with van der Waals surface area (Å²) in [5.41, 5.74) is 3.97. The van der Waals surface area contributed by atoms with Gasteiger partial charge in [0.25, 0.3) is 0 Å². The van der Waals surface area contributed by atoms with Gasteiger partial charge in [0.2, 0.25) is 0 Å². The first-order valence-electron chi connectivity index (χ1n) is 5.43. The highest BCUT2D eigenvalue weighted by Gasteiger charge is 1.98. The van der Waals surface area contributed by atoms with Crippen molar-refractivity contribution in [1.82, 2.24) is 4.98 Å². The van der Waals surface area contributed by atoms with E-state index in [1.807, 2.05) is 37.4 Å². The zero-order valence-corrected chi connectivity index (χ0v) is 9.64. The van der Waals surface area contributed by atoms with Crippen LogP contribution in [0.3, 0.4) is 0 Å². The molecule has 0 unspecified atom stereocenters. The zero-order chi connectivity index (χ0) is 12.1. The fourth-order valence-electron chi connectivity index (χ4n) is 1.62. The van der Waals surface area contributed by atoms with Gasteiger partial charge in [0.1, 0.15) is 0 Å². The van der Waals surface area contributed by atoms with Gasteiger partial charge in [0.15, 0.2) is 0 Å². The van der Waals surface area contributed by atoms with Crippen LogP contribution in [0.15, 0.2) is 42.7 Å². The lowest BCUT2D eigenvalue weighted by Crippen LogP contribution is -2.01. The van der Waals surface area contributed by atoms with Crippen molar-refractivity contribution in [2.24, 2.45) is 0 Å². The molecule has 0 bridgehead atoms. The Morgan fingerprint density at radius 1 is 1.35 bits per heavy atom. The Labute approximate surface area is 101 Å². The average molecular weight is 223 g/mol. The predicted octanol–water partition coefficient (Wildman–Crippen LogP) is 2.87. The third kappa shape index (κ3) is 2.82. The first kappa shape index (κ1) is 11.2. The molecule has 0 fully saturated rings. The third-order valence-corrected chi connectivity index (χ3v) is 2.56. The van der Waals surface area contributed by atoms with E-state index in [-0.39, 0.29) is 0 Å². The van der Waals surface area contributed by atoms with Crippen LogP contribution in [0.2, 0.25) is 0 Å². The van der Waals surface area contributed by atoms with Crippen LogP contribution in [0.4, 0.5) is 5.69 Å². The first-order valence-corrected chi connectivity index (χ1v) is 5.43. The second-order valence-corrected chi connectivity index (χ2v) is 3.86. The fraction of sp³-hybridized carbons (Fsp3) is 0.143. The molecular formula is C14H13N3. The van der Waals surface area contributed by atoms with E-state index < -0.39 is 0 Å². The molecule has 1 heterocycles. The van der Waals surface area contributed by atoms with Gasteiger partial charge in [-0.15, -0.1) is 0 Å². The summed E-state index contributed by atoms with van der Waals surface area (Å²) in [4.78, 5) is 4.04. The number of hydrogen-bond acceptors (Lipinski definition) is 3. The third-order valence-electron chi connectivity index (χ3n) is 2.56. The number of benzene rings is 1. The summed E-state index contributed by atoms with van der Waals surface area (Å²) in [6.07, 6.45) is 3.59. The lowest BCUT2D eigenvalue weighted by molar-refractivity contribution is 1.13. The molecule has 2 aromatic rings. The van der Waals surface area contributed by atoms with Crippen LogP contribution >= 0.6 is 0 Å². The van der Waals surface area contributed by atoms with Gasteiger partial charge in [-0.3, -0.25) is 4.98 Å². The summed E-state index contributed by atoms with van der Waals surface area (Å²) in [5, 5.41) is 12.1. The molecule has 2 rings (SSSR count). The highest BCUT2D eigenvalue weighted by molar-refractivity contribution is 5.49. The van der Waals surface area contributed by atoms with Crippen molar-refractivity contribution in [3.8, 4) is 6.07 Å². The molecule has 17 heavy (non-hydrogen) atoms. The van der Waals surface area contributed by atoms with Crippen molar-refractivity contribution in [1.29, 1.82) is 5.26 Å². The molecule has 0 atom stereocenters. The topological polar surface area (TPSA) is 48.7 Å². The molecule has 0 saturated heterocycles. The lowest BCUT2D eigenvalue weighted by Gasteiger charge is -2.08. The summed E-state index contributed by atoms with van der Waals surface area (Å²) in [5.74, 6) is 0. The number of nitriles is 1. The van der Waals surface area contributed by atoms with Crippen molar-refractivity contribution in [2.45, 2.75) is 13.5 Å². The number of nitrogens with zero attached hydrogens (tertiary/aromatic N) is 2. The Hall–Kier alpha value is -2.34. The minimum atomic E-state index is 0.691. The molecule has 0 aliphatic heterocycles. The van der Waals surface area contributed by atoms with Gasteiger partial charge in [-0.1, -0.05) is 12.1 Å². The first-order chi connectivity index (χ1) is 8.29. The molecule has 3 heteroatoms. The number of rotatable bonds is 3. The quantitative estimate of drug-likeness (QED) is 0.870. The average Bonchev–Trinajstić information content (AvgIpc) is 2.38. The molecule has 0 saturated carbocycles. The molecule has 0 aliphatic rings. The smallest absolute Gasteiger partial charge is 0.0991 e. The van der Waals surface area contributed by atoms with Crippen LogP contribution in [0.1, 0.15) is 16.7 Å². The summed E-state index contributed by atoms with van der Waals surface area (Å²) in [6.45, 7) is 2.72. The van der Waals surface area contributed by atoms with Crippen LogP contribution < -0.4 is 5.32 Å². The van der Waals surface area contributed by atoms with Gasteiger partial charge >= 0.3 is 0 Å². The Morgan fingerprint density at radius 2 is 2.24 bits per heavy atom. The Morgan fingerprint density at radius 3 is 3.00 bits per heavy atom. The number of anilines is 1. The van der Waals surface area contributed by atoms with Gasteiger partial charge in [0, 0.05) is 24.6 Å². The highest BCUT2D eigenvalue weighted by atomic mass is 14.9. The Balaban J connectivity index is 2.08. The van der Waals surface area contributed by atoms with E-state index in [1.54, 1.807) is 12.3 Å². The minimum absolute atomic E-state index is 0.691. The second-order valence-electron chi connectivity index (χ2n) is 3.86. The largest absolute Gasteiger partial charge is 0.381 e. The SMILES string of the molecule is Cc1cnccc1NCc1cccc(C#N)c1. The number of aryl methyl sites for hydroxylation is 1. The molecule has 0 spiro atoms. The summed E-state index contributed by atoms with van der Waals surface area (Å²) >= 11 is 0. The van der Waals surface area contributed by atoms with Crippen molar-refractivity contribution in [3.05, 3.63) is 59.4 Å². The molecule has 0 radical (unpaired) electrons. The Bertz CT molecular complexity index is 555. The minimum Gasteiger partial charge on any atom is -0.381 e. The molecule has 0 amide bonds. The molecule has 3 nitrogen and oxygen atoms in total. The maximum atomic E-state index is 8.81. The number of hydrogen-bond donors (Lipinski definition) is 1. The zero-order valence-electron chi connectivity index (χ0n) is 9.64. The predicted molar refractivity (Wildman–Crippen MR) is 67.5 cm³/mol. The van der Waals surface area contributed by atoms with Crippen LogP contribution in [0.5, 0.6) is 0 Å². The normalized spacial score (nSPS) is 9.65. The maximum Gasteiger partial charge on any atom is 0.0991 e. The standard InChI is InChI=1S/C14H13N3/c1-11-9-16-6-5-14(11)17-10-13-4-2-3-12(7-13)8-15/h2-7,9H,10H2,1H3,(H,16,17). The maximum absolute atomic E-state index is 8.81. The van der Waals surface area contributed by atoms with E-state index in [1.165, 1.54) is 0 Å². The van der Waals surface area contributed by atoms with Crippen LogP contribution in [-0.4, -0.2) is 4.98 Å². The summed E-state index contributed by atoms with van der Waals surface area (Å²) in [6, 6.07) is 11.7. The molecule has 1 aromatic carbocycles. The van der Waals surface area contributed by atoms with Gasteiger partial charge in [0.05, 0.1) is 11.6 Å².